The molecule has 1 unspecified atom stereocenters. The number of hydrogen-bond acceptors (Lipinski definition) is 4. The quantitative estimate of drug-likeness (QED) is 0.883. The second-order valence-electron chi connectivity index (χ2n) is 5.00. The van der Waals surface area contributed by atoms with Crippen molar-refractivity contribution >= 4 is 17.4 Å². The number of fused-ring (bicyclic) bond motifs is 1. The van der Waals surface area contributed by atoms with E-state index in [4.69, 9.17) is 5.11 Å². The van der Waals surface area contributed by atoms with Crippen molar-refractivity contribution in [2.45, 2.75) is 12.8 Å². The highest BCUT2D eigenvalue weighted by Crippen LogP contribution is 2.21. The first-order valence-corrected chi connectivity index (χ1v) is 6.61. The van der Waals surface area contributed by atoms with Gasteiger partial charge in [-0.1, -0.05) is 6.07 Å². The van der Waals surface area contributed by atoms with Gasteiger partial charge in [0.1, 0.15) is 11.5 Å². The maximum atomic E-state index is 12.0. The summed E-state index contributed by atoms with van der Waals surface area (Å²) in [6, 6.07) is 6.83. The molecule has 0 amide bonds. The van der Waals surface area contributed by atoms with Gasteiger partial charge in [0, 0.05) is 25.4 Å². The van der Waals surface area contributed by atoms with Crippen LogP contribution in [0.15, 0.2) is 35.3 Å². The Labute approximate surface area is 115 Å². The first-order chi connectivity index (χ1) is 9.65. The van der Waals surface area contributed by atoms with E-state index in [2.05, 4.69) is 4.98 Å². The zero-order valence-corrected chi connectivity index (χ0v) is 10.9. The summed E-state index contributed by atoms with van der Waals surface area (Å²) in [6.45, 7) is 1.14. The molecular formula is C14H15N3O3. The van der Waals surface area contributed by atoms with Crippen LogP contribution in [0.3, 0.4) is 0 Å². The molecule has 0 spiro atoms. The van der Waals surface area contributed by atoms with Gasteiger partial charge in [-0.3, -0.25) is 14.0 Å². The summed E-state index contributed by atoms with van der Waals surface area (Å²) in [5.74, 6) is -0.612. The molecule has 0 radical (unpaired) electrons. The van der Waals surface area contributed by atoms with Crippen molar-refractivity contribution < 1.29 is 9.90 Å². The van der Waals surface area contributed by atoms with Gasteiger partial charge >= 0.3 is 5.97 Å². The topological polar surface area (TPSA) is 74.9 Å². The molecule has 1 atom stereocenters. The van der Waals surface area contributed by atoms with Crippen LogP contribution in [0, 0.1) is 5.92 Å². The van der Waals surface area contributed by atoms with Gasteiger partial charge in [0.25, 0.3) is 5.56 Å². The largest absolute Gasteiger partial charge is 0.481 e. The van der Waals surface area contributed by atoms with Crippen molar-refractivity contribution in [1.82, 2.24) is 9.38 Å². The van der Waals surface area contributed by atoms with Crippen molar-refractivity contribution in [1.29, 1.82) is 0 Å². The molecule has 1 aliphatic heterocycles. The molecule has 3 heterocycles. The Morgan fingerprint density at radius 2 is 2.25 bits per heavy atom. The maximum Gasteiger partial charge on any atom is 0.308 e. The van der Waals surface area contributed by atoms with E-state index in [9.17, 15) is 9.59 Å². The van der Waals surface area contributed by atoms with E-state index in [0.29, 0.717) is 24.4 Å². The lowest BCUT2D eigenvalue weighted by atomic mass is 9.98. The van der Waals surface area contributed by atoms with E-state index in [-0.39, 0.29) is 11.5 Å². The van der Waals surface area contributed by atoms with Crippen LogP contribution in [0.2, 0.25) is 0 Å². The molecule has 1 saturated heterocycles. The summed E-state index contributed by atoms with van der Waals surface area (Å²) < 4.78 is 1.47. The van der Waals surface area contributed by atoms with Crippen LogP contribution in [-0.4, -0.2) is 33.6 Å². The maximum absolute atomic E-state index is 12.0. The summed E-state index contributed by atoms with van der Waals surface area (Å²) in [6.07, 6.45) is 3.15. The van der Waals surface area contributed by atoms with Crippen LogP contribution < -0.4 is 10.5 Å². The molecule has 0 aromatic carbocycles. The first kappa shape index (κ1) is 12.7. The lowest BCUT2D eigenvalue weighted by Gasteiger charge is -2.31. The number of carboxylic acids is 1. The van der Waals surface area contributed by atoms with Gasteiger partial charge in [0.15, 0.2) is 0 Å². The Balaban J connectivity index is 1.98. The number of rotatable bonds is 2. The van der Waals surface area contributed by atoms with Crippen molar-refractivity contribution in [3.8, 4) is 0 Å². The number of pyridine rings is 1. The summed E-state index contributed by atoms with van der Waals surface area (Å²) in [5.41, 5.74) is 0.426. The third-order valence-corrected chi connectivity index (χ3v) is 3.65. The molecule has 1 aliphatic rings. The number of hydrogen-bond donors (Lipinski definition) is 1. The van der Waals surface area contributed by atoms with E-state index < -0.39 is 5.97 Å². The summed E-state index contributed by atoms with van der Waals surface area (Å²) >= 11 is 0. The Hall–Kier alpha value is -2.37. The fourth-order valence-electron chi connectivity index (χ4n) is 2.59. The number of piperidine rings is 1. The first-order valence-electron chi connectivity index (χ1n) is 6.61. The minimum absolute atomic E-state index is 0.150. The Morgan fingerprint density at radius 3 is 3.05 bits per heavy atom. The molecule has 2 aromatic rings. The second-order valence-corrected chi connectivity index (χ2v) is 5.00. The minimum Gasteiger partial charge on any atom is -0.481 e. The average molecular weight is 273 g/mol. The lowest BCUT2D eigenvalue weighted by molar-refractivity contribution is -0.141. The number of anilines is 1. The zero-order chi connectivity index (χ0) is 14.1. The molecular weight excluding hydrogens is 258 g/mol. The number of nitrogens with zero attached hydrogens (tertiary/aromatic N) is 3. The monoisotopic (exact) mass is 273 g/mol. The molecule has 0 saturated carbocycles. The van der Waals surface area contributed by atoms with E-state index in [1.165, 1.54) is 10.5 Å². The lowest BCUT2D eigenvalue weighted by Crippen LogP contribution is -2.39. The number of aliphatic carboxylic acids is 1. The third-order valence-electron chi connectivity index (χ3n) is 3.65. The van der Waals surface area contributed by atoms with E-state index in [1.807, 2.05) is 11.0 Å². The highest BCUT2D eigenvalue weighted by molar-refractivity contribution is 5.71. The Kier molecular flexibility index (Phi) is 3.14. The average Bonchev–Trinajstić information content (AvgIpc) is 2.47. The molecule has 2 aromatic heterocycles. The number of aromatic nitrogens is 2. The molecule has 6 heteroatoms. The van der Waals surface area contributed by atoms with E-state index in [1.54, 1.807) is 18.3 Å². The molecule has 1 fully saturated rings. The van der Waals surface area contributed by atoms with E-state index >= 15 is 0 Å². The Bertz CT molecular complexity index is 710. The van der Waals surface area contributed by atoms with Crippen LogP contribution in [-0.2, 0) is 4.79 Å². The number of carbonyl (C=O) groups is 1. The molecule has 0 bridgehead atoms. The summed E-state index contributed by atoms with van der Waals surface area (Å²) in [5, 5.41) is 9.12. The summed E-state index contributed by atoms with van der Waals surface area (Å²) in [7, 11) is 0. The van der Waals surface area contributed by atoms with Gasteiger partial charge in [-0.2, -0.15) is 0 Å². The SMILES string of the molecule is O=C(O)C1CCCN(c2cc(=O)n3ccccc3n2)C1. The summed E-state index contributed by atoms with van der Waals surface area (Å²) in [4.78, 5) is 29.5. The van der Waals surface area contributed by atoms with Crippen molar-refractivity contribution in [2.24, 2.45) is 5.92 Å². The minimum atomic E-state index is -0.785. The molecule has 104 valence electrons. The van der Waals surface area contributed by atoms with Crippen LogP contribution in [0.25, 0.3) is 5.65 Å². The molecule has 1 N–H and O–H groups in total. The molecule has 3 rings (SSSR count). The molecule has 6 nitrogen and oxygen atoms in total. The zero-order valence-electron chi connectivity index (χ0n) is 10.9. The van der Waals surface area contributed by atoms with Crippen LogP contribution in [0.4, 0.5) is 5.82 Å². The van der Waals surface area contributed by atoms with Crippen molar-refractivity contribution in [2.75, 3.05) is 18.0 Å². The second kappa shape index (κ2) is 4.96. The fraction of sp³-hybridized carbons (Fsp3) is 0.357. The van der Waals surface area contributed by atoms with Gasteiger partial charge in [0.2, 0.25) is 0 Å². The van der Waals surface area contributed by atoms with Gasteiger partial charge in [-0.25, -0.2) is 4.98 Å². The standard InChI is InChI=1S/C14H15N3O3/c18-13-8-12(15-11-5-1-2-7-17(11)13)16-6-3-4-10(9-16)14(19)20/h1-2,5,7-8,10H,3-4,6,9H2,(H,19,20). The highest BCUT2D eigenvalue weighted by atomic mass is 16.4. The van der Waals surface area contributed by atoms with E-state index in [0.717, 1.165) is 13.0 Å². The van der Waals surface area contributed by atoms with Crippen LogP contribution >= 0.6 is 0 Å². The highest BCUT2D eigenvalue weighted by Gasteiger charge is 2.26. The van der Waals surface area contributed by atoms with Crippen LogP contribution in [0.1, 0.15) is 12.8 Å². The van der Waals surface area contributed by atoms with Gasteiger partial charge < -0.3 is 10.0 Å². The molecule has 20 heavy (non-hydrogen) atoms. The van der Waals surface area contributed by atoms with Crippen molar-refractivity contribution in [3.05, 3.63) is 40.8 Å². The number of carboxylic acid groups (broad SMARTS) is 1. The Morgan fingerprint density at radius 1 is 1.40 bits per heavy atom. The predicted octanol–water partition coefficient (Wildman–Crippen LogP) is 0.995. The smallest absolute Gasteiger partial charge is 0.308 e. The predicted molar refractivity (Wildman–Crippen MR) is 74.0 cm³/mol. The molecule has 0 aliphatic carbocycles. The van der Waals surface area contributed by atoms with Gasteiger partial charge in [-0.15, -0.1) is 0 Å². The normalized spacial score (nSPS) is 19.2. The van der Waals surface area contributed by atoms with Crippen molar-refractivity contribution in [3.63, 3.8) is 0 Å². The van der Waals surface area contributed by atoms with Crippen LogP contribution in [0.5, 0.6) is 0 Å². The van der Waals surface area contributed by atoms with Gasteiger partial charge in [-0.05, 0) is 25.0 Å². The van der Waals surface area contributed by atoms with Gasteiger partial charge in [0.05, 0.1) is 5.92 Å². The fourth-order valence-corrected chi connectivity index (χ4v) is 2.59. The third kappa shape index (κ3) is 2.24.